The molecule has 176 valence electrons. The van der Waals surface area contributed by atoms with Gasteiger partial charge in [-0.2, -0.15) is 0 Å². The quantitative estimate of drug-likeness (QED) is 0.688. The molecule has 0 spiro atoms. The summed E-state index contributed by atoms with van der Waals surface area (Å²) in [6, 6.07) is 12.4. The van der Waals surface area contributed by atoms with Gasteiger partial charge < -0.3 is 20.0 Å². The van der Waals surface area contributed by atoms with Crippen molar-refractivity contribution >= 4 is 40.7 Å². The van der Waals surface area contributed by atoms with Crippen LogP contribution in [0.2, 0.25) is 5.02 Å². The van der Waals surface area contributed by atoms with Crippen molar-refractivity contribution in [3.63, 3.8) is 0 Å². The van der Waals surface area contributed by atoms with Crippen molar-refractivity contribution in [3.05, 3.63) is 58.6 Å². The largest absolute Gasteiger partial charge is 0.369 e. The van der Waals surface area contributed by atoms with E-state index < -0.39 is 0 Å². The predicted molar refractivity (Wildman–Crippen MR) is 132 cm³/mol. The molecule has 8 heteroatoms. The molecule has 0 aromatic heterocycles. The van der Waals surface area contributed by atoms with Crippen molar-refractivity contribution < 1.29 is 14.4 Å². The zero-order valence-corrected chi connectivity index (χ0v) is 20.2. The van der Waals surface area contributed by atoms with Crippen molar-refractivity contribution in [2.24, 2.45) is 0 Å². The van der Waals surface area contributed by atoms with Crippen molar-refractivity contribution in [2.75, 3.05) is 49.5 Å². The second-order valence-corrected chi connectivity index (χ2v) is 8.47. The Balaban J connectivity index is 1.84. The highest BCUT2D eigenvalue weighted by atomic mass is 35.5. The first-order chi connectivity index (χ1) is 15.8. The summed E-state index contributed by atoms with van der Waals surface area (Å²) < 4.78 is 0. The normalized spacial score (nSPS) is 13.9. The fraction of sp³-hybridized carbons (Fsp3) is 0.400. The van der Waals surface area contributed by atoms with Crippen LogP contribution in [0.4, 0.5) is 11.4 Å². The SMILES string of the molecule is CCN(CC)C(=O)c1cc(NC(C)=O)ccc1N1CCCN(C(=O)c2ccc(Cl)cc2)CC1. The summed E-state index contributed by atoms with van der Waals surface area (Å²) in [5.41, 5.74) is 2.59. The first-order valence-electron chi connectivity index (χ1n) is 11.3. The van der Waals surface area contributed by atoms with Crippen LogP contribution in [-0.2, 0) is 4.79 Å². The lowest BCUT2D eigenvalue weighted by molar-refractivity contribution is -0.114. The van der Waals surface area contributed by atoms with Crippen LogP contribution in [0, 0.1) is 0 Å². The number of benzene rings is 2. The van der Waals surface area contributed by atoms with Crippen LogP contribution in [-0.4, -0.2) is 66.8 Å². The third kappa shape index (κ3) is 6.05. The number of anilines is 2. The van der Waals surface area contributed by atoms with Crippen LogP contribution in [0.15, 0.2) is 42.5 Å². The molecule has 1 heterocycles. The van der Waals surface area contributed by atoms with E-state index in [9.17, 15) is 14.4 Å². The molecule has 3 amide bonds. The number of carbonyl (C=O) groups is 3. The van der Waals surface area contributed by atoms with Gasteiger partial charge in [0, 0.05) is 68.2 Å². The lowest BCUT2D eigenvalue weighted by atomic mass is 10.1. The Morgan fingerprint density at radius 2 is 1.67 bits per heavy atom. The Bertz CT molecular complexity index is 1010. The topological polar surface area (TPSA) is 73.0 Å². The second-order valence-electron chi connectivity index (χ2n) is 8.03. The highest BCUT2D eigenvalue weighted by Gasteiger charge is 2.25. The van der Waals surface area contributed by atoms with Crippen LogP contribution in [0.5, 0.6) is 0 Å². The van der Waals surface area contributed by atoms with E-state index in [0.717, 1.165) is 18.7 Å². The van der Waals surface area contributed by atoms with E-state index in [0.29, 0.717) is 54.6 Å². The molecule has 0 aliphatic carbocycles. The molecule has 2 aromatic rings. The zero-order valence-electron chi connectivity index (χ0n) is 19.4. The highest BCUT2D eigenvalue weighted by Crippen LogP contribution is 2.27. The van der Waals surface area contributed by atoms with Gasteiger partial charge in [0.25, 0.3) is 11.8 Å². The molecule has 3 rings (SSSR count). The van der Waals surface area contributed by atoms with Crippen LogP contribution >= 0.6 is 11.6 Å². The molecule has 0 bridgehead atoms. The minimum Gasteiger partial charge on any atom is -0.369 e. The third-order valence-corrected chi connectivity index (χ3v) is 6.06. The van der Waals surface area contributed by atoms with Gasteiger partial charge in [-0.15, -0.1) is 0 Å². The Morgan fingerprint density at radius 1 is 0.970 bits per heavy atom. The van der Waals surface area contributed by atoms with Gasteiger partial charge in [0.05, 0.1) is 5.56 Å². The van der Waals surface area contributed by atoms with E-state index in [4.69, 9.17) is 11.6 Å². The van der Waals surface area contributed by atoms with E-state index in [1.165, 1.54) is 6.92 Å². The minimum atomic E-state index is -0.185. The maximum atomic E-state index is 13.3. The van der Waals surface area contributed by atoms with Crippen LogP contribution < -0.4 is 10.2 Å². The summed E-state index contributed by atoms with van der Waals surface area (Å²) in [5, 5.41) is 3.37. The van der Waals surface area contributed by atoms with E-state index >= 15 is 0 Å². The fourth-order valence-electron chi connectivity index (χ4n) is 4.08. The summed E-state index contributed by atoms with van der Waals surface area (Å²) in [5.74, 6) is -0.273. The Labute approximate surface area is 200 Å². The number of carbonyl (C=O) groups excluding carboxylic acids is 3. The first kappa shape index (κ1) is 24.6. The predicted octanol–water partition coefficient (Wildman–Crippen LogP) is 4.13. The number of hydrogen-bond acceptors (Lipinski definition) is 4. The van der Waals surface area contributed by atoms with Crippen molar-refractivity contribution in [3.8, 4) is 0 Å². The molecule has 1 aliphatic rings. The molecule has 1 aliphatic heterocycles. The van der Waals surface area contributed by atoms with Crippen molar-refractivity contribution in [1.82, 2.24) is 9.80 Å². The summed E-state index contributed by atoms with van der Waals surface area (Å²) in [6.45, 7) is 9.07. The summed E-state index contributed by atoms with van der Waals surface area (Å²) in [7, 11) is 0. The molecule has 0 atom stereocenters. The smallest absolute Gasteiger partial charge is 0.256 e. The van der Waals surface area contributed by atoms with Crippen LogP contribution in [0.25, 0.3) is 0 Å². The molecule has 33 heavy (non-hydrogen) atoms. The Morgan fingerprint density at radius 3 is 2.30 bits per heavy atom. The van der Waals surface area contributed by atoms with E-state index in [1.54, 1.807) is 35.2 Å². The average molecular weight is 471 g/mol. The van der Waals surface area contributed by atoms with E-state index in [-0.39, 0.29) is 17.7 Å². The molecule has 1 saturated heterocycles. The minimum absolute atomic E-state index is 0.0195. The van der Waals surface area contributed by atoms with Crippen LogP contribution in [0.3, 0.4) is 0 Å². The monoisotopic (exact) mass is 470 g/mol. The van der Waals surface area contributed by atoms with E-state index in [2.05, 4.69) is 10.2 Å². The maximum absolute atomic E-state index is 13.3. The number of rotatable bonds is 6. The zero-order chi connectivity index (χ0) is 24.0. The Hall–Kier alpha value is -3.06. The first-order valence-corrected chi connectivity index (χ1v) is 11.7. The van der Waals surface area contributed by atoms with Gasteiger partial charge in [-0.3, -0.25) is 14.4 Å². The summed E-state index contributed by atoms with van der Waals surface area (Å²) >= 11 is 5.95. The summed E-state index contributed by atoms with van der Waals surface area (Å²) in [4.78, 5) is 43.6. The second kappa shape index (κ2) is 11.2. The molecule has 1 N–H and O–H groups in total. The standard InChI is InChI=1S/C25H31ClN4O3/c1-4-28(5-2)25(33)22-17-21(27-18(3)31)11-12-23(22)29-13-6-14-30(16-15-29)24(32)19-7-9-20(26)10-8-19/h7-12,17H,4-6,13-16H2,1-3H3,(H,27,31). The lowest BCUT2D eigenvalue weighted by Crippen LogP contribution is -2.36. The molecule has 7 nitrogen and oxygen atoms in total. The Kier molecular flexibility index (Phi) is 8.33. The number of nitrogens with one attached hydrogen (secondary N) is 1. The fourth-order valence-corrected chi connectivity index (χ4v) is 4.21. The molecule has 0 radical (unpaired) electrons. The maximum Gasteiger partial charge on any atom is 0.256 e. The average Bonchev–Trinajstić information content (AvgIpc) is 3.05. The number of halogens is 1. The molecule has 0 saturated carbocycles. The molecular formula is C25H31ClN4O3. The van der Waals surface area contributed by atoms with Crippen LogP contribution in [0.1, 0.15) is 47.9 Å². The molecular weight excluding hydrogens is 440 g/mol. The molecule has 0 unspecified atom stereocenters. The highest BCUT2D eigenvalue weighted by molar-refractivity contribution is 6.30. The molecule has 1 fully saturated rings. The number of amides is 3. The van der Waals surface area contributed by atoms with Gasteiger partial charge in [-0.05, 0) is 62.7 Å². The summed E-state index contributed by atoms with van der Waals surface area (Å²) in [6.07, 6.45) is 0.783. The van der Waals surface area contributed by atoms with Gasteiger partial charge in [-0.25, -0.2) is 0 Å². The van der Waals surface area contributed by atoms with Gasteiger partial charge >= 0.3 is 0 Å². The number of hydrogen-bond donors (Lipinski definition) is 1. The number of nitrogens with zero attached hydrogens (tertiary/aromatic N) is 3. The lowest BCUT2D eigenvalue weighted by Gasteiger charge is -2.28. The van der Waals surface area contributed by atoms with Gasteiger partial charge in [0.1, 0.15) is 0 Å². The van der Waals surface area contributed by atoms with Gasteiger partial charge in [-0.1, -0.05) is 11.6 Å². The van der Waals surface area contributed by atoms with Gasteiger partial charge in [0.2, 0.25) is 5.91 Å². The van der Waals surface area contributed by atoms with Crippen molar-refractivity contribution in [1.29, 1.82) is 0 Å². The third-order valence-electron chi connectivity index (χ3n) is 5.81. The van der Waals surface area contributed by atoms with Crippen molar-refractivity contribution in [2.45, 2.75) is 27.2 Å². The molecule has 2 aromatic carbocycles. The van der Waals surface area contributed by atoms with E-state index in [1.807, 2.05) is 30.9 Å². The van der Waals surface area contributed by atoms with Gasteiger partial charge in [0.15, 0.2) is 0 Å².